The van der Waals surface area contributed by atoms with Gasteiger partial charge in [-0.05, 0) is 37.0 Å². The molecule has 0 spiro atoms. The van der Waals surface area contributed by atoms with E-state index in [1.165, 1.54) is 12.8 Å². The van der Waals surface area contributed by atoms with Gasteiger partial charge in [-0.15, -0.1) is 0 Å². The predicted octanol–water partition coefficient (Wildman–Crippen LogP) is 3.44. The van der Waals surface area contributed by atoms with Crippen molar-refractivity contribution in [2.75, 3.05) is 7.11 Å². The Labute approximate surface area is 97.8 Å². The van der Waals surface area contributed by atoms with E-state index < -0.39 is 0 Å². The molecule has 1 saturated carbocycles. The first-order chi connectivity index (χ1) is 7.20. The quantitative estimate of drug-likeness (QED) is 0.782. The van der Waals surface area contributed by atoms with Crippen LogP contribution in [-0.4, -0.2) is 12.9 Å². The van der Waals surface area contributed by atoms with Crippen LogP contribution in [0.15, 0.2) is 22.7 Å². The Kier molecular flexibility index (Phi) is 3.10. The van der Waals surface area contributed by atoms with Gasteiger partial charge in [0.15, 0.2) is 5.78 Å². The van der Waals surface area contributed by atoms with Crippen LogP contribution in [-0.2, 0) is 0 Å². The minimum atomic E-state index is 0.211. The number of Topliss-reactive ketones (excluding diaryl/α,β-unsaturated/α-hetero) is 1. The molecule has 80 valence electrons. The highest BCUT2D eigenvalue weighted by Gasteiger charge is 2.25. The third-order valence-corrected chi connectivity index (χ3v) is 3.34. The molecule has 0 aliphatic heterocycles. The van der Waals surface area contributed by atoms with Crippen LogP contribution < -0.4 is 4.74 Å². The number of halogens is 1. The molecule has 0 unspecified atom stereocenters. The minimum Gasteiger partial charge on any atom is -0.497 e. The molecule has 0 atom stereocenters. The highest BCUT2D eigenvalue weighted by atomic mass is 79.9. The molecular formula is C12H13BrO2. The third-order valence-electron chi connectivity index (χ3n) is 2.64. The first-order valence-corrected chi connectivity index (χ1v) is 5.86. The largest absolute Gasteiger partial charge is 0.497 e. The maximum atomic E-state index is 11.9. The van der Waals surface area contributed by atoms with Gasteiger partial charge in [-0.1, -0.05) is 15.9 Å². The predicted molar refractivity (Wildman–Crippen MR) is 62.4 cm³/mol. The number of hydrogen-bond acceptors (Lipinski definition) is 2. The summed E-state index contributed by atoms with van der Waals surface area (Å²) in [5.41, 5.74) is 0.737. The Morgan fingerprint density at radius 2 is 2.27 bits per heavy atom. The lowest BCUT2D eigenvalue weighted by atomic mass is 10.1. The van der Waals surface area contributed by atoms with Gasteiger partial charge < -0.3 is 4.74 Å². The number of rotatable bonds is 4. The maximum absolute atomic E-state index is 11.9. The molecule has 0 N–H and O–H groups in total. The number of methoxy groups -OCH3 is 1. The van der Waals surface area contributed by atoms with Gasteiger partial charge in [0.2, 0.25) is 0 Å². The second kappa shape index (κ2) is 4.35. The van der Waals surface area contributed by atoms with Gasteiger partial charge in [0, 0.05) is 16.5 Å². The molecule has 1 aromatic carbocycles. The average molecular weight is 269 g/mol. The van der Waals surface area contributed by atoms with Gasteiger partial charge in [0.25, 0.3) is 0 Å². The van der Waals surface area contributed by atoms with E-state index in [0.29, 0.717) is 12.3 Å². The molecule has 0 amide bonds. The van der Waals surface area contributed by atoms with Crippen molar-refractivity contribution >= 4 is 21.7 Å². The van der Waals surface area contributed by atoms with Gasteiger partial charge in [-0.25, -0.2) is 0 Å². The van der Waals surface area contributed by atoms with E-state index in [9.17, 15) is 4.79 Å². The highest BCUT2D eigenvalue weighted by molar-refractivity contribution is 9.10. The van der Waals surface area contributed by atoms with Crippen molar-refractivity contribution in [2.45, 2.75) is 19.3 Å². The van der Waals surface area contributed by atoms with Crippen molar-refractivity contribution in [3.05, 3.63) is 28.2 Å². The van der Waals surface area contributed by atoms with Crippen LogP contribution in [0.2, 0.25) is 0 Å². The van der Waals surface area contributed by atoms with Gasteiger partial charge in [0.1, 0.15) is 5.75 Å². The van der Waals surface area contributed by atoms with E-state index in [-0.39, 0.29) is 5.78 Å². The zero-order chi connectivity index (χ0) is 10.8. The standard InChI is InChI=1S/C12H13BrO2/c1-15-9-4-5-11(13)10(7-9)12(14)6-8-2-3-8/h4-5,7-8H,2-3,6H2,1H3. The lowest BCUT2D eigenvalue weighted by Crippen LogP contribution is -2.01. The highest BCUT2D eigenvalue weighted by Crippen LogP contribution is 2.35. The Morgan fingerprint density at radius 3 is 2.87 bits per heavy atom. The molecule has 1 aromatic rings. The van der Waals surface area contributed by atoms with Crippen LogP contribution in [0.25, 0.3) is 0 Å². The van der Waals surface area contributed by atoms with Gasteiger partial charge in [-0.3, -0.25) is 4.79 Å². The molecule has 1 aliphatic rings. The summed E-state index contributed by atoms with van der Waals surface area (Å²) in [7, 11) is 1.61. The van der Waals surface area contributed by atoms with E-state index in [2.05, 4.69) is 15.9 Å². The van der Waals surface area contributed by atoms with Crippen molar-refractivity contribution in [3.63, 3.8) is 0 Å². The summed E-state index contributed by atoms with van der Waals surface area (Å²) in [4.78, 5) is 11.9. The SMILES string of the molecule is COc1ccc(Br)c(C(=O)CC2CC2)c1. The van der Waals surface area contributed by atoms with E-state index in [4.69, 9.17) is 4.74 Å². The number of carbonyl (C=O) groups excluding carboxylic acids is 1. The molecule has 2 nitrogen and oxygen atoms in total. The zero-order valence-corrected chi connectivity index (χ0v) is 10.2. The molecule has 1 aliphatic carbocycles. The smallest absolute Gasteiger partial charge is 0.164 e. The molecular weight excluding hydrogens is 256 g/mol. The molecule has 0 aromatic heterocycles. The normalized spacial score (nSPS) is 15.1. The second-order valence-electron chi connectivity index (χ2n) is 3.92. The van der Waals surface area contributed by atoms with Crippen LogP contribution in [0, 0.1) is 5.92 Å². The first kappa shape index (κ1) is 10.7. The van der Waals surface area contributed by atoms with Crippen LogP contribution in [0.1, 0.15) is 29.6 Å². The van der Waals surface area contributed by atoms with E-state index in [0.717, 1.165) is 15.8 Å². The van der Waals surface area contributed by atoms with Crippen molar-refractivity contribution < 1.29 is 9.53 Å². The summed E-state index contributed by atoms with van der Waals surface area (Å²) < 4.78 is 5.96. The summed E-state index contributed by atoms with van der Waals surface area (Å²) in [6.07, 6.45) is 3.08. The first-order valence-electron chi connectivity index (χ1n) is 5.07. The van der Waals surface area contributed by atoms with Crippen molar-refractivity contribution in [3.8, 4) is 5.75 Å². The number of ether oxygens (including phenoxy) is 1. The summed E-state index contributed by atoms with van der Waals surface area (Å²) in [5, 5.41) is 0. The van der Waals surface area contributed by atoms with Crippen molar-refractivity contribution in [1.82, 2.24) is 0 Å². The molecule has 0 heterocycles. The fraction of sp³-hybridized carbons (Fsp3) is 0.417. The van der Waals surface area contributed by atoms with Gasteiger partial charge >= 0.3 is 0 Å². The van der Waals surface area contributed by atoms with Crippen LogP contribution >= 0.6 is 15.9 Å². The maximum Gasteiger partial charge on any atom is 0.164 e. The third kappa shape index (κ3) is 2.59. The number of benzene rings is 1. The number of carbonyl (C=O) groups is 1. The topological polar surface area (TPSA) is 26.3 Å². The van der Waals surface area contributed by atoms with Crippen molar-refractivity contribution in [1.29, 1.82) is 0 Å². The fourth-order valence-corrected chi connectivity index (χ4v) is 2.01. The van der Waals surface area contributed by atoms with Gasteiger partial charge in [-0.2, -0.15) is 0 Å². The van der Waals surface area contributed by atoms with Crippen molar-refractivity contribution in [2.24, 2.45) is 5.92 Å². The zero-order valence-electron chi connectivity index (χ0n) is 8.63. The van der Waals surface area contributed by atoms with E-state index >= 15 is 0 Å². The fourth-order valence-electron chi connectivity index (χ4n) is 1.54. The van der Waals surface area contributed by atoms with Crippen LogP contribution in [0.5, 0.6) is 5.75 Å². The summed E-state index contributed by atoms with van der Waals surface area (Å²) in [6.45, 7) is 0. The Hall–Kier alpha value is -0.830. The molecule has 0 saturated heterocycles. The molecule has 3 heteroatoms. The van der Waals surface area contributed by atoms with E-state index in [1.807, 2.05) is 12.1 Å². The Balaban J connectivity index is 2.20. The monoisotopic (exact) mass is 268 g/mol. The molecule has 15 heavy (non-hydrogen) atoms. The average Bonchev–Trinajstić information content (AvgIpc) is 3.02. The van der Waals surface area contributed by atoms with Gasteiger partial charge in [0.05, 0.1) is 7.11 Å². The Bertz CT molecular complexity index is 383. The Morgan fingerprint density at radius 1 is 1.53 bits per heavy atom. The summed E-state index contributed by atoms with van der Waals surface area (Å²) in [5.74, 6) is 1.57. The number of ketones is 1. The molecule has 1 fully saturated rings. The molecule has 2 rings (SSSR count). The summed E-state index contributed by atoms with van der Waals surface area (Å²) >= 11 is 3.39. The number of hydrogen-bond donors (Lipinski definition) is 0. The van der Waals surface area contributed by atoms with Crippen LogP contribution in [0.3, 0.4) is 0 Å². The minimum absolute atomic E-state index is 0.211. The van der Waals surface area contributed by atoms with Crippen LogP contribution in [0.4, 0.5) is 0 Å². The van der Waals surface area contributed by atoms with E-state index in [1.54, 1.807) is 13.2 Å². The molecule has 0 radical (unpaired) electrons. The lowest BCUT2D eigenvalue weighted by Gasteiger charge is -2.05. The molecule has 0 bridgehead atoms. The summed E-state index contributed by atoms with van der Waals surface area (Å²) in [6, 6.07) is 5.51. The lowest BCUT2D eigenvalue weighted by molar-refractivity contribution is 0.0975. The second-order valence-corrected chi connectivity index (χ2v) is 4.77.